The van der Waals surface area contributed by atoms with Crippen LogP contribution in [0.2, 0.25) is 0 Å². The summed E-state index contributed by atoms with van der Waals surface area (Å²) in [6.45, 7) is 0. The van der Waals surface area contributed by atoms with Crippen molar-refractivity contribution < 1.29 is 19.7 Å². The maximum atomic E-state index is 10.3. The molecule has 0 aromatic heterocycles. The van der Waals surface area contributed by atoms with Crippen molar-refractivity contribution >= 4 is 46.4 Å². The fourth-order valence-electron chi connectivity index (χ4n) is 4.14. The summed E-state index contributed by atoms with van der Waals surface area (Å²) in [5.41, 5.74) is 0. The lowest BCUT2D eigenvalue weighted by Crippen LogP contribution is -2.58. The Morgan fingerprint density at radius 3 is 1.52 bits per heavy atom. The maximum absolute atomic E-state index is 10.3. The Hall–Kier alpha value is 0.480. The lowest BCUT2D eigenvalue weighted by molar-refractivity contribution is -0.222. The third-order valence-electron chi connectivity index (χ3n) is 4.91. The van der Waals surface area contributed by atoms with Crippen molar-refractivity contribution in [3.8, 4) is 0 Å². The van der Waals surface area contributed by atoms with E-state index in [2.05, 4.69) is 0 Å². The second-order valence-corrected chi connectivity index (χ2v) is 7.44. The van der Waals surface area contributed by atoms with Crippen LogP contribution in [0.5, 0.6) is 0 Å². The molecule has 3 aliphatic rings. The average molecular weight is 376 g/mol. The number of halogens is 4. The van der Waals surface area contributed by atoms with Gasteiger partial charge in [0.1, 0.15) is 9.75 Å². The average Bonchev–Trinajstić information content (AvgIpc) is 2.72. The zero-order valence-corrected chi connectivity index (χ0v) is 14.2. The van der Waals surface area contributed by atoms with Crippen LogP contribution in [-0.2, 0) is 9.47 Å². The Morgan fingerprint density at radius 2 is 1.24 bits per heavy atom. The molecule has 0 radical (unpaired) electrons. The number of aliphatic hydroxyl groups excluding tert-OH is 2. The van der Waals surface area contributed by atoms with Crippen molar-refractivity contribution in [2.75, 3.05) is 14.2 Å². The topological polar surface area (TPSA) is 58.9 Å². The number of ether oxygens (including phenoxy) is 2. The number of alkyl halides is 2. The van der Waals surface area contributed by atoms with Crippen LogP contribution in [-0.4, -0.2) is 52.2 Å². The van der Waals surface area contributed by atoms with Gasteiger partial charge in [0, 0.05) is 26.1 Å². The van der Waals surface area contributed by atoms with Crippen LogP contribution in [0.1, 0.15) is 0 Å². The van der Waals surface area contributed by atoms with E-state index in [-0.39, 0.29) is 10.1 Å². The van der Waals surface area contributed by atoms with Gasteiger partial charge in [-0.3, -0.25) is 0 Å². The molecule has 1 saturated carbocycles. The quantitative estimate of drug-likeness (QED) is 0.441. The van der Waals surface area contributed by atoms with E-state index in [0.717, 1.165) is 0 Å². The molecule has 0 amide bonds. The standard InChI is InChI=1S/C13H14Cl4O4/c1-20-13(21-2)11(16)7-5(18)3-4-6(19)8(7)12(13,17)10(15)9(11)14/h3-8,18-19H,1-2H3/t5-,6+,7-,8+,11-,12-/m1/s1. The number of fused-ring (bicyclic) bond motifs is 5. The SMILES string of the molecule is COC1(OC)[C@]2(Cl)C(Cl)=C(Cl)[C@]1(Cl)[C@H]1[C@@H]2[C@@H](O)C=C[C@H]1O. The Bertz CT molecular complexity index is 504. The zero-order valence-electron chi connectivity index (χ0n) is 11.2. The first-order valence-electron chi connectivity index (χ1n) is 6.32. The molecule has 118 valence electrons. The molecule has 0 aliphatic heterocycles. The van der Waals surface area contributed by atoms with Crippen molar-refractivity contribution in [3.63, 3.8) is 0 Å². The van der Waals surface area contributed by atoms with Gasteiger partial charge in [0.25, 0.3) is 0 Å². The molecule has 21 heavy (non-hydrogen) atoms. The molecule has 0 saturated heterocycles. The van der Waals surface area contributed by atoms with Crippen molar-refractivity contribution in [1.82, 2.24) is 0 Å². The second kappa shape index (κ2) is 4.74. The predicted octanol–water partition coefficient (Wildman–Crippen LogP) is 2.17. The van der Waals surface area contributed by atoms with Crippen molar-refractivity contribution in [2.45, 2.75) is 27.7 Å². The molecule has 6 atom stereocenters. The molecule has 1 fully saturated rings. The Balaban J connectivity index is 2.34. The molecule has 3 rings (SSSR count). The van der Waals surface area contributed by atoms with Gasteiger partial charge in [-0.05, 0) is 0 Å². The summed E-state index contributed by atoms with van der Waals surface area (Å²) in [5, 5.41) is 20.9. The number of aliphatic hydroxyl groups is 2. The lowest BCUT2D eigenvalue weighted by Gasteiger charge is -2.41. The summed E-state index contributed by atoms with van der Waals surface area (Å²) in [5.74, 6) is -3.00. The fraction of sp³-hybridized carbons (Fsp3) is 0.692. The van der Waals surface area contributed by atoms with E-state index >= 15 is 0 Å². The molecule has 8 heteroatoms. The smallest absolute Gasteiger partial charge is 0.217 e. The van der Waals surface area contributed by atoms with E-state index in [0.29, 0.717) is 0 Å². The van der Waals surface area contributed by atoms with Gasteiger partial charge in [-0.1, -0.05) is 35.4 Å². The minimum Gasteiger partial charge on any atom is -0.389 e. The molecule has 0 unspecified atom stereocenters. The second-order valence-electron chi connectivity index (χ2n) is 5.49. The summed E-state index contributed by atoms with van der Waals surface area (Å²) in [7, 11) is 2.75. The van der Waals surface area contributed by atoms with Gasteiger partial charge in [0.05, 0.1) is 22.3 Å². The maximum Gasteiger partial charge on any atom is 0.217 e. The van der Waals surface area contributed by atoms with Crippen LogP contribution in [0.15, 0.2) is 22.2 Å². The molecule has 0 aromatic carbocycles. The van der Waals surface area contributed by atoms with E-state index in [9.17, 15) is 10.2 Å². The summed E-state index contributed by atoms with van der Waals surface area (Å²) < 4.78 is 11.0. The van der Waals surface area contributed by atoms with Gasteiger partial charge in [-0.15, -0.1) is 23.2 Å². The van der Waals surface area contributed by atoms with E-state index in [1.54, 1.807) is 0 Å². The van der Waals surface area contributed by atoms with Gasteiger partial charge in [-0.2, -0.15) is 0 Å². The van der Waals surface area contributed by atoms with Gasteiger partial charge >= 0.3 is 0 Å². The largest absolute Gasteiger partial charge is 0.389 e. The van der Waals surface area contributed by atoms with Gasteiger partial charge in [0.2, 0.25) is 5.79 Å². The molecule has 3 aliphatic carbocycles. The summed E-state index contributed by atoms with van der Waals surface area (Å²) >= 11 is 26.2. The minimum atomic E-state index is -1.60. The highest BCUT2D eigenvalue weighted by Gasteiger charge is 2.86. The Kier molecular flexibility index (Phi) is 3.69. The van der Waals surface area contributed by atoms with E-state index in [1.807, 2.05) is 0 Å². The first-order valence-corrected chi connectivity index (χ1v) is 7.84. The normalized spacial score (nSPS) is 50.7. The summed E-state index contributed by atoms with van der Waals surface area (Å²) in [6.07, 6.45) is 1.01. The van der Waals surface area contributed by atoms with Gasteiger partial charge in [-0.25, -0.2) is 0 Å². The Labute approximate surface area is 142 Å². The van der Waals surface area contributed by atoms with E-state index in [4.69, 9.17) is 55.9 Å². The number of hydrogen-bond acceptors (Lipinski definition) is 4. The van der Waals surface area contributed by atoms with Crippen LogP contribution in [0, 0.1) is 11.8 Å². The minimum absolute atomic E-state index is 0.0762. The predicted molar refractivity (Wildman–Crippen MR) is 80.8 cm³/mol. The molecule has 4 nitrogen and oxygen atoms in total. The zero-order chi connectivity index (χ0) is 15.8. The van der Waals surface area contributed by atoms with E-state index < -0.39 is 39.6 Å². The molecular weight excluding hydrogens is 362 g/mol. The van der Waals surface area contributed by atoms with Gasteiger partial charge < -0.3 is 19.7 Å². The summed E-state index contributed by atoms with van der Waals surface area (Å²) in [6, 6.07) is 0. The molecule has 2 bridgehead atoms. The van der Waals surface area contributed by atoms with Crippen LogP contribution in [0.4, 0.5) is 0 Å². The molecule has 0 aromatic rings. The van der Waals surface area contributed by atoms with E-state index in [1.165, 1.54) is 26.4 Å². The highest BCUT2D eigenvalue weighted by atomic mass is 35.5. The van der Waals surface area contributed by atoms with Crippen LogP contribution < -0.4 is 0 Å². The first-order chi connectivity index (χ1) is 9.74. The van der Waals surface area contributed by atoms with Gasteiger partial charge in [0.15, 0.2) is 0 Å². The number of methoxy groups -OCH3 is 2. The Morgan fingerprint density at radius 1 is 0.905 bits per heavy atom. The highest BCUT2D eigenvalue weighted by molar-refractivity contribution is 6.52. The monoisotopic (exact) mass is 374 g/mol. The third-order valence-corrected chi connectivity index (χ3v) is 7.56. The van der Waals surface area contributed by atoms with Crippen LogP contribution in [0.25, 0.3) is 0 Å². The molecule has 2 N–H and O–H groups in total. The third kappa shape index (κ3) is 1.45. The molecule has 0 heterocycles. The van der Waals surface area contributed by atoms with Crippen LogP contribution >= 0.6 is 46.4 Å². The van der Waals surface area contributed by atoms with Crippen molar-refractivity contribution in [2.24, 2.45) is 11.8 Å². The number of hydrogen-bond donors (Lipinski definition) is 2. The molecular formula is C13H14Cl4O4. The van der Waals surface area contributed by atoms with Crippen molar-refractivity contribution in [3.05, 3.63) is 22.2 Å². The fourth-order valence-corrected chi connectivity index (χ4v) is 6.41. The van der Waals surface area contributed by atoms with Crippen LogP contribution in [0.3, 0.4) is 0 Å². The molecule has 0 spiro atoms. The van der Waals surface area contributed by atoms with Crippen molar-refractivity contribution in [1.29, 1.82) is 0 Å². The summed E-state index contributed by atoms with van der Waals surface area (Å²) in [4.78, 5) is -2.99. The highest BCUT2D eigenvalue weighted by Crippen LogP contribution is 2.75. The lowest BCUT2D eigenvalue weighted by atomic mass is 9.72. The number of rotatable bonds is 2. The first kappa shape index (κ1) is 16.3.